The standard InChI is InChI=1S/C11H16BrClO.C2H6/c1-9(2)6-8-14-11(10(3)13)5-4-7-12;1-2/h4-6H,7-8H2,1-3H3;1-2H3/b5-4-,11-10-;. The van der Waals surface area contributed by atoms with Gasteiger partial charge in [-0.15, -0.1) is 0 Å². The minimum absolute atomic E-state index is 0.564. The molecule has 0 rings (SSSR count). The average molecular weight is 310 g/mol. The van der Waals surface area contributed by atoms with E-state index in [1.54, 1.807) is 0 Å². The zero-order valence-corrected chi connectivity index (χ0v) is 13.2. The summed E-state index contributed by atoms with van der Waals surface area (Å²) in [6.45, 7) is 10.5. The fraction of sp³-hybridized carbons (Fsp3) is 0.538. The summed E-state index contributed by atoms with van der Waals surface area (Å²) >= 11 is 9.16. The highest BCUT2D eigenvalue weighted by atomic mass is 79.9. The molecule has 0 aromatic heterocycles. The Morgan fingerprint density at radius 1 is 1.25 bits per heavy atom. The van der Waals surface area contributed by atoms with Crippen LogP contribution in [0.5, 0.6) is 0 Å². The van der Waals surface area contributed by atoms with Crippen LogP contribution in [-0.2, 0) is 4.74 Å². The molecule has 0 aliphatic carbocycles. The Bertz CT molecular complexity index is 247. The van der Waals surface area contributed by atoms with Crippen LogP contribution in [0.4, 0.5) is 0 Å². The van der Waals surface area contributed by atoms with Crippen molar-refractivity contribution < 1.29 is 4.74 Å². The van der Waals surface area contributed by atoms with Gasteiger partial charge in [0.1, 0.15) is 12.4 Å². The van der Waals surface area contributed by atoms with Crippen molar-refractivity contribution in [1.29, 1.82) is 0 Å². The third-order valence-corrected chi connectivity index (χ3v) is 1.99. The van der Waals surface area contributed by atoms with Crippen molar-refractivity contribution in [1.82, 2.24) is 0 Å². The number of halogens is 2. The third-order valence-electron chi connectivity index (χ3n) is 1.43. The van der Waals surface area contributed by atoms with E-state index in [9.17, 15) is 0 Å². The lowest BCUT2D eigenvalue weighted by atomic mass is 10.3. The Hall–Kier alpha value is -0.210. The largest absolute Gasteiger partial charge is 0.488 e. The van der Waals surface area contributed by atoms with Crippen molar-refractivity contribution in [2.45, 2.75) is 34.6 Å². The van der Waals surface area contributed by atoms with E-state index in [0.717, 1.165) is 11.1 Å². The number of allylic oxidation sites excluding steroid dienone is 4. The Morgan fingerprint density at radius 2 is 1.81 bits per heavy atom. The van der Waals surface area contributed by atoms with Crippen LogP contribution in [0.15, 0.2) is 34.6 Å². The molecule has 3 heteroatoms. The molecule has 0 radical (unpaired) electrons. The molecular formula is C13H22BrClO. The highest BCUT2D eigenvalue weighted by Crippen LogP contribution is 2.12. The summed E-state index contributed by atoms with van der Waals surface area (Å²) in [4.78, 5) is 0. The van der Waals surface area contributed by atoms with Crippen molar-refractivity contribution >= 4 is 27.5 Å². The minimum atomic E-state index is 0.564. The highest BCUT2D eigenvalue weighted by Gasteiger charge is 1.96. The van der Waals surface area contributed by atoms with E-state index < -0.39 is 0 Å². The number of hydrogen-bond acceptors (Lipinski definition) is 1. The van der Waals surface area contributed by atoms with Crippen LogP contribution in [0.2, 0.25) is 0 Å². The summed E-state index contributed by atoms with van der Waals surface area (Å²) in [5.41, 5.74) is 1.24. The molecule has 0 N–H and O–H groups in total. The highest BCUT2D eigenvalue weighted by molar-refractivity contribution is 9.09. The molecule has 0 heterocycles. The van der Waals surface area contributed by atoms with E-state index in [1.165, 1.54) is 5.57 Å². The first-order chi connectivity index (χ1) is 7.57. The van der Waals surface area contributed by atoms with Gasteiger partial charge in [-0.05, 0) is 32.9 Å². The normalized spacial score (nSPS) is 11.4. The molecule has 0 fully saturated rings. The van der Waals surface area contributed by atoms with Gasteiger partial charge in [-0.3, -0.25) is 0 Å². The first kappa shape index (κ1) is 18.2. The number of alkyl halides is 1. The molecule has 1 nitrogen and oxygen atoms in total. The van der Waals surface area contributed by atoms with Gasteiger partial charge < -0.3 is 4.74 Å². The molecule has 0 aliphatic rings. The van der Waals surface area contributed by atoms with E-state index in [2.05, 4.69) is 15.9 Å². The molecule has 0 saturated heterocycles. The molecule has 94 valence electrons. The summed E-state index contributed by atoms with van der Waals surface area (Å²) < 4.78 is 5.48. The lowest BCUT2D eigenvalue weighted by Gasteiger charge is -2.05. The topological polar surface area (TPSA) is 9.23 Å². The smallest absolute Gasteiger partial charge is 0.133 e. The second-order valence-corrected chi connectivity index (χ2v) is 4.26. The van der Waals surface area contributed by atoms with Crippen LogP contribution in [0, 0.1) is 0 Å². The first-order valence-electron chi connectivity index (χ1n) is 5.43. The fourth-order valence-electron chi connectivity index (χ4n) is 0.712. The van der Waals surface area contributed by atoms with Crippen LogP contribution in [0.25, 0.3) is 0 Å². The molecule has 0 spiro atoms. The second kappa shape index (κ2) is 12.9. The van der Waals surface area contributed by atoms with Gasteiger partial charge in [-0.2, -0.15) is 0 Å². The monoisotopic (exact) mass is 308 g/mol. The molecule has 0 aromatic rings. The first-order valence-corrected chi connectivity index (χ1v) is 6.93. The number of hydrogen-bond donors (Lipinski definition) is 0. The molecule has 0 aliphatic heterocycles. The molecular weight excluding hydrogens is 287 g/mol. The van der Waals surface area contributed by atoms with Gasteiger partial charge in [0.05, 0.1) is 5.03 Å². The van der Waals surface area contributed by atoms with Crippen LogP contribution in [-0.4, -0.2) is 11.9 Å². The van der Waals surface area contributed by atoms with Crippen LogP contribution >= 0.6 is 27.5 Å². The predicted octanol–water partition coefficient (Wildman–Crippen LogP) is 5.42. The van der Waals surface area contributed by atoms with Crippen molar-refractivity contribution in [2.24, 2.45) is 0 Å². The van der Waals surface area contributed by atoms with Crippen molar-refractivity contribution in [3.05, 3.63) is 34.6 Å². The molecule has 0 aromatic carbocycles. The fourth-order valence-corrected chi connectivity index (χ4v) is 1.02. The Labute approximate surface area is 113 Å². The van der Waals surface area contributed by atoms with Gasteiger partial charge in [0.2, 0.25) is 0 Å². The van der Waals surface area contributed by atoms with E-state index in [0.29, 0.717) is 11.6 Å². The van der Waals surface area contributed by atoms with Gasteiger partial charge >= 0.3 is 0 Å². The lowest BCUT2D eigenvalue weighted by Crippen LogP contribution is -1.92. The van der Waals surface area contributed by atoms with E-state index >= 15 is 0 Å². The van der Waals surface area contributed by atoms with E-state index in [4.69, 9.17) is 16.3 Å². The molecule has 0 bridgehead atoms. The quantitative estimate of drug-likeness (QED) is 0.285. The summed E-state index contributed by atoms with van der Waals surface area (Å²) in [6.07, 6.45) is 5.83. The summed E-state index contributed by atoms with van der Waals surface area (Å²) in [6, 6.07) is 0. The van der Waals surface area contributed by atoms with E-state index in [1.807, 2.05) is 52.8 Å². The van der Waals surface area contributed by atoms with Crippen molar-refractivity contribution in [2.75, 3.05) is 11.9 Å². The Balaban J connectivity index is 0. The third kappa shape index (κ3) is 11.9. The van der Waals surface area contributed by atoms with Crippen LogP contribution in [0.3, 0.4) is 0 Å². The molecule has 0 unspecified atom stereocenters. The molecule has 0 atom stereocenters. The summed E-state index contributed by atoms with van der Waals surface area (Å²) in [5.74, 6) is 0.726. The van der Waals surface area contributed by atoms with Gasteiger partial charge in [0, 0.05) is 5.33 Å². The molecule has 0 amide bonds. The van der Waals surface area contributed by atoms with Gasteiger partial charge in [0.25, 0.3) is 0 Å². The predicted molar refractivity (Wildman–Crippen MR) is 78.2 cm³/mol. The molecule has 16 heavy (non-hydrogen) atoms. The summed E-state index contributed by atoms with van der Waals surface area (Å²) in [7, 11) is 0. The zero-order valence-electron chi connectivity index (χ0n) is 10.8. The van der Waals surface area contributed by atoms with E-state index in [-0.39, 0.29) is 0 Å². The van der Waals surface area contributed by atoms with Gasteiger partial charge in [-0.1, -0.05) is 53.0 Å². The Morgan fingerprint density at radius 3 is 2.19 bits per heavy atom. The minimum Gasteiger partial charge on any atom is -0.488 e. The maximum atomic E-state index is 5.86. The zero-order chi connectivity index (χ0) is 13.0. The summed E-state index contributed by atoms with van der Waals surface area (Å²) in [5, 5.41) is 1.47. The number of rotatable bonds is 5. The van der Waals surface area contributed by atoms with Crippen LogP contribution in [0.1, 0.15) is 34.6 Å². The van der Waals surface area contributed by atoms with Gasteiger partial charge in [0.15, 0.2) is 0 Å². The Kier molecular flexibility index (Phi) is 14.6. The SMILES string of the molecule is CC.CC(C)=CCOC(/C=C\CBr)=C(/C)Cl. The second-order valence-electron chi connectivity index (χ2n) is 3.05. The van der Waals surface area contributed by atoms with Crippen molar-refractivity contribution in [3.63, 3.8) is 0 Å². The maximum absolute atomic E-state index is 5.86. The lowest BCUT2D eigenvalue weighted by molar-refractivity contribution is 0.259. The van der Waals surface area contributed by atoms with Gasteiger partial charge in [-0.25, -0.2) is 0 Å². The number of ether oxygens (including phenoxy) is 1. The van der Waals surface area contributed by atoms with Crippen LogP contribution < -0.4 is 0 Å². The molecule has 0 saturated carbocycles. The van der Waals surface area contributed by atoms with Crippen molar-refractivity contribution in [3.8, 4) is 0 Å². The average Bonchev–Trinajstić information content (AvgIpc) is 2.25. The maximum Gasteiger partial charge on any atom is 0.133 e.